The third-order valence-electron chi connectivity index (χ3n) is 7.99. The molecule has 5 rings (SSSR count). The highest BCUT2D eigenvalue weighted by molar-refractivity contribution is 6.47. The summed E-state index contributed by atoms with van der Waals surface area (Å²) in [5.41, 5.74) is 7.34. The zero-order valence-electron chi connectivity index (χ0n) is 19.1. The summed E-state index contributed by atoms with van der Waals surface area (Å²) in [4.78, 5) is 12.9. The molecule has 3 saturated carbocycles. The van der Waals surface area contributed by atoms with Gasteiger partial charge in [0, 0.05) is 0 Å². The van der Waals surface area contributed by atoms with Crippen LogP contribution in [0.5, 0.6) is 0 Å². The molecule has 3 unspecified atom stereocenters. The lowest BCUT2D eigenvalue weighted by Gasteiger charge is -2.64. The van der Waals surface area contributed by atoms with E-state index in [0.717, 1.165) is 18.4 Å². The van der Waals surface area contributed by atoms with E-state index in [0.29, 0.717) is 29.6 Å². The van der Waals surface area contributed by atoms with Gasteiger partial charge < -0.3 is 20.4 Å². The fourth-order valence-electron chi connectivity index (χ4n) is 6.07. The number of hydrogen-bond acceptors (Lipinski definition) is 4. The zero-order chi connectivity index (χ0) is 21.7. The minimum atomic E-state index is -0.590. The Labute approximate surface area is 181 Å². The van der Waals surface area contributed by atoms with Crippen LogP contribution >= 0.6 is 0 Å². The summed E-state index contributed by atoms with van der Waals surface area (Å²) < 4.78 is 13.1. The molecule has 4 aliphatic rings. The largest absolute Gasteiger partial charge is 0.481 e. The van der Waals surface area contributed by atoms with E-state index in [-0.39, 0.29) is 23.6 Å². The van der Waals surface area contributed by atoms with E-state index in [2.05, 4.69) is 39.9 Å². The van der Waals surface area contributed by atoms with Gasteiger partial charge in [-0.05, 0) is 61.3 Å². The number of rotatable bonds is 7. The second kappa shape index (κ2) is 7.96. The van der Waals surface area contributed by atoms with Crippen LogP contribution in [0.4, 0.5) is 0 Å². The summed E-state index contributed by atoms with van der Waals surface area (Å²) in [5, 5.41) is 3.17. The summed E-state index contributed by atoms with van der Waals surface area (Å²) in [7, 11) is -0.412. The number of amides is 1. The monoisotopic (exact) mass is 412 g/mol. The molecular weight excluding hydrogens is 375 g/mol. The molecule has 0 radical (unpaired) electrons. The zero-order valence-corrected chi connectivity index (χ0v) is 19.1. The second-order valence-corrected chi connectivity index (χ2v) is 10.9. The molecule has 164 valence electrons. The summed E-state index contributed by atoms with van der Waals surface area (Å²) in [6.45, 7) is 11.3. The first-order chi connectivity index (χ1) is 14.1. The Hall–Kier alpha value is -1.37. The van der Waals surface area contributed by atoms with Crippen molar-refractivity contribution in [3.63, 3.8) is 0 Å². The molecule has 0 spiro atoms. The summed E-state index contributed by atoms with van der Waals surface area (Å²) >= 11 is 0. The van der Waals surface area contributed by atoms with Crippen molar-refractivity contribution in [1.82, 2.24) is 5.32 Å². The fraction of sp³-hybridized carbons (Fsp3) is 0.708. The van der Waals surface area contributed by atoms with Gasteiger partial charge in [-0.25, -0.2) is 0 Å². The van der Waals surface area contributed by atoms with Gasteiger partial charge in [-0.3, -0.25) is 4.79 Å². The number of carbonyl (C=O) groups excluding carboxylic acids is 1. The quantitative estimate of drug-likeness (QED) is 0.674. The van der Waals surface area contributed by atoms with Crippen LogP contribution in [0.25, 0.3) is 0 Å². The fourth-order valence-corrected chi connectivity index (χ4v) is 6.07. The highest BCUT2D eigenvalue weighted by Crippen LogP contribution is 2.65. The predicted octanol–water partition coefficient (Wildman–Crippen LogP) is 3.35. The molecule has 30 heavy (non-hydrogen) atoms. The van der Waals surface area contributed by atoms with Gasteiger partial charge in [0.15, 0.2) is 0 Å². The van der Waals surface area contributed by atoms with Crippen LogP contribution in [0.1, 0.15) is 59.4 Å². The SMILES string of the molecule is CC(C)C[C@H](NC(=O)C(N)Cc1ccccc1)B1OC2CC3C[C@H](C3(C)C)[C@]2(C)O1. The van der Waals surface area contributed by atoms with E-state index < -0.39 is 13.2 Å². The molecule has 2 bridgehead atoms. The summed E-state index contributed by atoms with van der Waals surface area (Å²) in [6, 6.07) is 9.32. The van der Waals surface area contributed by atoms with Crippen molar-refractivity contribution in [3.8, 4) is 0 Å². The van der Waals surface area contributed by atoms with Gasteiger partial charge in [0.1, 0.15) is 0 Å². The van der Waals surface area contributed by atoms with E-state index in [1.54, 1.807) is 0 Å². The summed E-state index contributed by atoms with van der Waals surface area (Å²) in [6.07, 6.45) is 3.70. The molecule has 5 nitrogen and oxygen atoms in total. The van der Waals surface area contributed by atoms with Crippen molar-refractivity contribution in [2.75, 3.05) is 0 Å². The normalized spacial score (nSPS) is 33.6. The van der Waals surface area contributed by atoms with Crippen molar-refractivity contribution >= 4 is 13.0 Å². The van der Waals surface area contributed by atoms with Gasteiger partial charge in [-0.2, -0.15) is 0 Å². The number of hydrogen-bond donors (Lipinski definition) is 2. The first-order valence-corrected chi connectivity index (χ1v) is 11.5. The number of benzene rings is 1. The van der Waals surface area contributed by atoms with E-state index >= 15 is 0 Å². The molecule has 1 aromatic rings. The van der Waals surface area contributed by atoms with Crippen LogP contribution in [0.3, 0.4) is 0 Å². The highest BCUT2D eigenvalue weighted by atomic mass is 16.7. The molecule has 1 aromatic carbocycles. The first-order valence-electron chi connectivity index (χ1n) is 11.5. The Balaban J connectivity index is 1.44. The van der Waals surface area contributed by atoms with Crippen LogP contribution in [-0.2, 0) is 20.5 Å². The van der Waals surface area contributed by atoms with Crippen LogP contribution in [-0.4, -0.2) is 36.7 Å². The molecule has 1 saturated heterocycles. The van der Waals surface area contributed by atoms with Crippen LogP contribution in [0.2, 0.25) is 0 Å². The van der Waals surface area contributed by atoms with Crippen LogP contribution < -0.4 is 11.1 Å². The average Bonchev–Trinajstić information content (AvgIpc) is 3.04. The lowest BCUT2D eigenvalue weighted by atomic mass is 9.43. The molecule has 6 atom stereocenters. The van der Waals surface area contributed by atoms with E-state index in [1.165, 1.54) is 6.42 Å². The average molecular weight is 412 g/mol. The summed E-state index contributed by atoms with van der Waals surface area (Å²) in [5.74, 6) is 1.30. The third kappa shape index (κ3) is 3.83. The molecule has 3 aliphatic carbocycles. The lowest BCUT2D eigenvalue weighted by molar-refractivity contribution is -0.199. The Bertz CT molecular complexity index is 771. The van der Waals surface area contributed by atoms with E-state index in [1.807, 2.05) is 30.3 Å². The number of nitrogens with two attached hydrogens (primary N) is 1. The van der Waals surface area contributed by atoms with Crippen molar-refractivity contribution in [2.45, 2.75) is 84.0 Å². The van der Waals surface area contributed by atoms with Gasteiger partial charge in [0.25, 0.3) is 0 Å². The molecule has 0 aromatic heterocycles. The Kier molecular flexibility index (Phi) is 5.80. The molecular formula is C24H37BN2O3. The predicted molar refractivity (Wildman–Crippen MR) is 120 cm³/mol. The van der Waals surface area contributed by atoms with Crippen molar-refractivity contribution in [2.24, 2.45) is 28.9 Å². The topological polar surface area (TPSA) is 73.6 Å². The smallest absolute Gasteiger partial charge is 0.404 e. The number of carbonyl (C=O) groups is 1. The van der Waals surface area contributed by atoms with Crippen molar-refractivity contribution in [1.29, 1.82) is 0 Å². The standard InChI is InChI=1S/C24H37BN2O3/c1-15(2)11-21(27-22(28)18(26)12-16-9-7-6-8-10-16)25-29-20-14-17-13-19(23(17,3)4)24(20,5)30-25/h6-10,15,17-21H,11-14,26H2,1-5H3,(H,27,28)/t17?,18?,19-,20?,21+,24+/m1/s1. The van der Waals surface area contributed by atoms with Crippen LogP contribution in [0, 0.1) is 23.2 Å². The maximum Gasteiger partial charge on any atom is 0.481 e. The molecule has 3 N–H and O–H groups in total. The minimum absolute atomic E-state index is 0.115. The molecule has 4 fully saturated rings. The second-order valence-electron chi connectivity index (χ2n) is 10.9. The minimum Gasteiger partial charge on any atom is -0.404 e. The Morgan fingerprint density at radius 2 is 1.93 bits per heavy atom. The molecule has 1 heterocycles. The third-order valence-corrected chi connectivity index (χ3v) is 7.99. The van der Waals surface area contributed by atoms with Crippen molar-refractivity contribution < 1.29 is 14.1 Å². The maximum atomic E-state index is 12.9. The Morgan fingerprint density at radius 1 is 1.23 bits per heavy atom. The highest BCUT2D eigenvalue weighted by Gasteiger charge is 2.68. The van der Waals surface area contributed by atoms with E-state index in [4.69, 9.17) is 15.0 Å². The van der Waals surface area contributed by atoms with Crippen molar-refractivity contribution in [3.05, 3.63) is 35.9 Å². The molecule has 1 amide bonds. The molecule has 6 heteroatoms. The number of nitrogens with one attached hydrogen (secondary N) is 1. The molecule has 1 aliphatic heterocycles. The van der Waals surface area contributed by atoms with Gasteiger partial charge in [0.2, 0.25) is 5.91 Å². The van der Waals surface area contributed by atoms with Gasteiger partial charge in [-0.1, -0.05) is 58.0 Å². The van der Waals surface area contributed by atoms with Crippen LogP contribution in [0.15, 0.2) is 30.3 Å². The Morgan fingerprint density at radius 3 is 2.57 bits per heavy atom. The lowest BCUT2D eigenvalue weighted by Crippen LogP contribution is -2.65. The van der Waals surface area contributed by atoms with Gasteiger partial charge >= 0.3 is 7.12 Å². The van der Waals surface area contributed by atoms with E-state index in [9.17, 15) is 4.79 Å². The van der Waals surface area contributed by atoms with Gasteiger partial charge in [0.05, 0.1) is 23.7 Å². The maximum absolute atomic E-state index is 12.9. The first kappa shape index (κ1) is 21.9. The van der Waals surface area contributed by atoms with Gasteiger partial charge in [-0.15, -0.1) is 0 Å².